The van der Waals surface area contributed by atoms with E-state index in [1.54, 1.807) is 10.9 Å². The van der Waals surface area contributed by atoms with E-state index in [0.29, 0.717) is 12.1 Å². The second kappa shape index (κ2) is 7.03. The van der Waals surface area contributed by atoms with E-state index in [2.05, 4.69) is 26.4 Å². The van der Waals surface area contributed by atoms with Crippen molar-refractivity contribution < 1.29 is 4.79 Å². The molecule has 0 radical (unpaired) electrons. The van der Waals surface area contributed by atoms with Crippen LogP contribution in [0.25, 0.3) is 5.82 Å². The third-order valence-electron chi connectivity index (χ3n) is 4.69. The van der Waals surface area contributed by atoms with Crippen molar-refractivity contribution >= 4 is 11.7 Å². The highest BCUT2D eigenvalue weighted by atomic mass is 16.1. The number of pyridine rings is 1. The number of hydrogen-bond acceptors (Lipinski definition) is 4. The van der Waals surface area contributed by atoms with Crippen molar-refractivity contribution in [3.63, 3.8) is 0 Å². The van der Waals surface area contributed by atoms with E-state index < -0.39 is 0 Å². The number of nitrogens with zero attached hydrogens (tertiary/aromatic N) is 5. The summed E-state index contributed by atoms with van der Waals surface area (Å²) in [5.41, 5.74) is 1.60. The summed E-state index contributed by atoms with van der Waals surface area (Å²) in [6.07, 6.45) is 9.65. The summed E-state index contributed by atoms with van der Waals surface area (Å²) in [4.78, 5) is 19.4. The molecule has 134 valence electrons. The molecule has 1 fully saturated rings. The van der Waals surface area contributed by atoms with E-state index in [4.69, 9.17) is 0 Å². The first-order valence-electron chi connectivity index (χ1n) is 8.86. The number of amides is 1. The molecule has 3 aromatic rings. The molecule has 0 aromatic carbocycles. The van der Waals surface area contributed by atoms with Crippen LogP contribution in [0, 0.1) is 0 Å². The van der Waals surface area contributed by atoms with Crippen LogP contribution < -0.4 is 10.2 Å². The van der Waals surface area contributed by atoms with Crippen molar-refractivity contribution in [1.82, 2.24) is 24.6 Å². The van der Waals surface area contributed by atoms with Gasteiger partial charge in [-0.1, -0.05) is 0 Å². The van der Waals surface area contributed by atoms with E-state index in [-0.39, 0.29) is 5.91 Å². The first-order chi connectivity index (χ1) is 12.7. The van der Waals surface area contributed by atoms with Gasteiger partial charge in [-0.05, 0) is 42.7 Å². The minimum absolute atomic E-state index is 0.138. The smallest absolute Gasteiger partial charge is 0.256 e. The number of rotatable bonds is 5. The molecular weight excluding hydrogens is 328 g/mol. The van der Waals surface area contributed by atoms with E-state index in [0.717, 1.165) is 30.3 Å². The number of aromatic nitrogens is 4. The molecule has 1 aliphatic rings. The molecule has 26 heavy (non-hydrogen) atoms. The van der Waals surface area contributed by atoms with Crippen LogP contribution in [-0.2, 0) is 13.6 Å². The Morgan fingerprint density at radius 2 is 2.00 bits per heavy atom. The Hall–Kier alpha value is -3.09. The lowest BCUT2D eigenvalue weighted by Gasteiger charge is -2.17. The zero-order chi connectivity index (χ0) is 17.9. The molecule has 7 heteroatoms. The molecule has 0 saturated carbocycles. The SMILES string of the molecule is Cn1ncc(C(=O)NCc2ccnc(N3CCCC3)c2)c1-n1cccc1. The lowest BCUT2D eigenvalue weighted by atomic mass is 10.2. The molecule has 0 aliphatic carbocycles. The fourth-order valence-corrected chi connectivity index (χ4v) is 3.34. The molecule has 0 atom stereocenters. The summed E-state index contributed by atoms with van der Waals surface area (Å²) in [6.45, 7) is 2.57. The van der Waals surface area contributed by atoms with Gasteiger partial charge in [-0.2, -0.15) is 5.10 Å². The van der Waals surface area contributed by atoms with Gasteiger partial charge in [0.05, 0.1) is 6.20 Å². The monoisotopic (exact) mass is 350 g/mol. The zero-order valence-electron chi connectivity index (χ0n) is 14.8. The second-order valence-electron chi connectivity index (χ2n) is 6.49. The molecule has 7 nitrogen and oxygen atoms in total. The molecular formula is C19H22N6O. The van der Waals surface area contributed by atoms with Crippen LogP contribution in [-0.4, -0.2) is 38.3 Å². The maximum absolute atomic E-state index is 12.7. The van der Waals surface area contributed by atoms with Gasteiger partial charge in [0, 0.05) is 45.3 Å². The molecule has 3 aromatic heterocycles. The Balaban J connectivity index is 1.47. The van der Waals surface area contributed by atoms with Crippen molar-refractivity contribution in [2.75, 3.05) is 18.0 Å². The van der Waals surface area contributed by atoms with Gasteiger partial charge in [-0.15, -0.1) is 0 Å². The number of hydrogen-bond donors (Lipinski definition) is 1. The van der Waals surface area contributed by atoms with Gasteiger partial charge in [0.2, 0.25) is 0 Å². The summed E-state index contributed by atoms with van der Waals surface area (Å²) in [6, 6.07) is 7.84. The molecule has 1 N–H and O–H groups in total. The molecule has 1 saturated heterocycles. The largest absolute Gasteiger partial charge is 0.357 e. The minimum Gasteiger partial charge on any atom is -0.357 e. The third-order valence-corrected chi connectivity index (χ3v) is 4.69. The van der Waals surface area contributed by atoms with Crippen LogP contribution in [0.3, 0.4) is 0 Å². The average molecular weight is 350 g/mol. The highest BCUT2D eigenvalue weighted by Crippen LogP contribution is 2.19. The standard InChI is InChI=1S/C19H22N6O/c1-23-19(25-10-4-5-11-25)16(14-22-23)18(26)21-13-15-6-7-20-17(12-15)24-8-2-3-9-24/h4-7,10-12,14H,2-3,8-9,13H2,1H3,(H,21,26). The van der Waals surface area contributed by atoms with E-state index in [1.165, 1.54) is 12.8 Å². The van der Waals surface area contributed by atoms with Crippen LogP contribution in [0.1, 0.15) is 28.8 Å². The van der Waals surface area contributed by atoms with Crippen molar-refractivity contribution in [2.24, 2.45) is 7.05 Å². The summed E-state index contributed by atoms with van der Waals surface area (Å²) in [7, 11) is 1.83. The van der Waals surface area contributed by atoms with Gasteiger partial charge in [0.1, 0.15) is 17.2 Å². The van der Waals surface area contributed by atoms with Crippen molar-refractivity contribution in [3.05, 3.63) is 60.2 Å². The third kappa shape index (κ3) is 3.20. The molecule has 4 rings (SSSR count). The Morgan fingerprint density at radius 1 is 1.23 bits per heavy atom. The van der Waals surface area contributed by atoms with E-state index in [9.17, 15) is 4.79 Å². The summed E-state index contributed by atoms with van der Waals surface area (Å²) in [5.74, 6) is 1.60. The van der Waals surface area contributed by atoms with Crippen LogP contribution >= 0.6 is 0 Å². The number of anilines is 1. The number of nitrogens with one attached hydrogen (secondary N) is 1. The van der Waals surface area contributed by atoms with Crippen molar-refractivity contribution in [1.29, 1.82) is 0 Å². The van der Waals surface area contributed by atoms with Gasteiger partial charge < -0.3 is 14.8 Å². The fraction of sp³-hybridized carbons (Fsp3) is 0.316. The summed E-state index contributed by atoms with van der Waals surface area (Å²) >= 11 is 0. The Bertz CT molecular complexity index is 893. The van der Waals surface area contributed by atoms with Gasteiger partial charge in [0.15, 0.2) is 0 Å². The Labute approximate surface area is 152 Å². The lowest BCUT2D eigenvalue weighted by molar-refractivity contribution is 0.0951. The van der Waals surface area contributed by atoms with E-state index >= 15 is 0 Å². The molecule has 0 spiro atoms. The molecule has 0 unspecified atom stereocenters. The van der Waals surface area contributed by atoms with Crippen LogP contribution in [0.2, 0.25) is 0 Å². The maximum Gasteiger partial charge on any atom is 0.256 e. The first kappa shape index (κ1) is 16.4. The Kier molecular flexibility index (Phi) is 4.43. The van der Waals surface area contributed by atoms with Crippen molar-refractivity contribution in [2.45, 2.75) is 19.4 Å². The fourth-order valence-electron chi connectivity index (χ4n) is 3.34. The summed E-state index contributed by atoms with van der Waals surface area (Å²) in [5, 5.41) is 7.23. The van der Waals surface area contributed by atoms with Crippen LogP contribution in [0.5, 0.6) is 0 Å². The highest BCUT2D eigenvalue weighted by molar-refractivity contribution is 5.97. The number of aryl methyl sites for hydroxylation is 1. The van der Waals surface area contributed by atoms with Gasteiger partial charge in [0.25, 0.3) is 5.91 Å². The van der Waals surface area contributed by atoms with Crippen LogP contribution in [0.15, 0.2) is 49.1 Å². The predicted octanol–water partition coefficient (Wildman–Crippen LogP) is 2.14. The average Bonchev–Trinajstić information content (AvgIpc) is 3.41. The van der Waals surface area contributed by atoms with Crippen LogP contribution in [0.4, 0.5) is 5.82 Å². The molecule has 0 bridgehead atoms. The topological polar surface area (TPSA) is 68.0 Å². The minimum atomic E-state index is -0.138. The maximum atomic E-state index is 12.7. The first-order valence-corrected chi connectivity index (χ1v) is 8.86. The number of carbonyl (C=O) groups is 1. The van der Waals surface area contributed by atoms with Gasteiger partial charge >= 0.3 is 0 Å². The number of carbonyl (C=O) groups excluding carboxylic acids is 1. The van der Waals surface area contributed by atoms with E-state index in [1.807, 2.05) is 48.4 Å². The normalized spacial score (nSPS) is 14.0. The van der Waals surface area contributed by atoms with Gasteiger partial charge in [-0.3, -0.25) is 9.48 Å². The van der Waals surface area contributed by atoms with Gasteiger partial charge in [-0.25, -0.2) is 4.98 Å². The highest BCUT2D eigenvalue weighted by Gasteiger charge is 2.18. The summed E-state index contributed by atoms with van der Waals surface area (Å²) < 4.78 is 3.59. The molecule has 1 amide bonds. The predicted molar refractivity (Wildman–Crippen MR) is 99.4 cm³/mol. The molecule has 4 heterocycles. The zero-order valence-corrected chi connectivity index (χ0v) is 14.8. The quantitative estimate of drug-likeness (QED) is 0.765. The molecule has 1 aliphatic heterocycles. The second-order valence-corrected chi connectivity index (χ2v) is 6.49. The Morgan fingerprint density at radius 3 is 2.77 bits per heavy atom. The van der Waals surface area contributed by atoms with Crippen molar-refractivity contribution in [3.8, 4) is 5.82 Å². The lowest BCUT2D eigenvalue weighted by Crippen LogP contribution is -2.24.